The Balaban J connectivity index is 1.41. The molecule has 2 aromatic rings. The quantitative estimate of drug-likeness (QED) is 0.653. The number of aromatic nitrogens is 2. The summed E-state index contributed by atoms with van der Waals surface area (Å²) in [6.45, 7) is 3.34. The summed E-state index contributed by atoms with van der Waals surface area (Å²) in [5.41, 5.74) is 1.07. The molecule has 2 saturated heterocycles. The number of carbonyl (C=O) groups is 3. The minimum Gasteiger partial charge on any atom is -0.478 e. The molecule has 32 heavy (non-hydrogen) atoms. The van der Waals surface area contributed by atoms with Crippen LogP contribution in [0, 0.1) is 0 Å². The average Bonchev–Trinajstić information content (AvgIpc) is 3.15. The highest BCUT2D eigenvalue weighted by molar-refractivity contribution is 6.02. The fourth-order valence-corrected chi connectivity index (χ4v) is 3.97. The number of hydrogen-bond acceptors (Lipinski definition) is 7. The summed E-state index contributed by atoms with van der Waals surface area (Å²) in [4.78, 5) is 49.7. The van der Waals surface area contributed by atoms with Crippen LogP contribution in [0.4, 0.5) is 5.95 Å². The van der Waals surface area contributed by atoms with Gasteiger partial charge in [-0.15, -0.1) is 0 Å². The van der Waals surface area contributed by atoms with Crippen LogP contribution in [0.5, 0.6) is 0 Å². The first-order chi connectivity index (χ1) is 15.5. The van der Waals surface area contributed by atoms with Crippen LogP contribution in [0.3, 0.4) is 0 Å². The van der Waals surface area contributed by atoms with Crippen molar-refractivity contribution in [3.05, 3.63) is 59.9 Å². The number of anilines is 1. The molecular weight excluding hydrogens is 410 g/mol. The molecule has 1 aromatic carbocycles. The van der Waals surface area contributed by atoms with Crippen molar-refractivity contribution >= 4 is 29.8 Å². The zero-order chi connectivity index (χ0) is 22.5. The molecule has 0 radical (unpaired) electrons. The van der Waals surface area contributed by atoms with E-state index >= 15 is 0 Å². The second-order valence-electron chi connectivity index (χ2n) is 7.86. The monoisotopic (exact) mass is 435 g/mol. The SMILES string of the molecule is O=C(O)c1cnc(N2CCN(CC(/C=C/c3ccccc3)N3C(=O)CCC3=O)CC2)nc1. The van der Waals surface area contributed by atoms with Gasteiger partial charge in [-0.25, -0.2) is 14.8 Å². The van der Waals surface area contributed by atoms with E-state index in [9.17, 15) is 14.4 Å². The maximum absolute atomic E-state index is 12.4. The van der Waals surface area contributed by atoms with Gasteiger partial charge in [0.25, 0.3) is 0 Å². The van der Waals surface area contributed by atoms with E-state index in [0.29, 0.717) is 25.6 Å². The third-order valence-electron chi connectivity index (χ3n) is 5.72. The van der Waals surface area contributed by atoms with E-state index < -0.39 is 5.97 Å². The maximum atomic E-state index is 12.4. The Morgan fingerprint density at radius 1 is 1.00 bits per heavy atom. The van der Waals surface area contributed by atoms with Gasteiger partial charge in [-0.1, -0.05) is 42.5 Å². The molecule has 1 N–H and O–H groups in total. The molecule has 2 fully saturated rings. The van der Waals surface area contributed by atoms with Gasteiger partial charge in [-0.3, -0.25) is 19.4 Å². The van der Waals surface area contributed by atoms with Crippen LogP contribution in [0.2, 0.25) is 0 Å². The molecule has 2 aliphatic heterocycles. The number of benzene rings is 1. The molecule has 4 rings (SSSR count). The van der Waals surface area contributed by atoms with Gasteiger partial charge < -0.3 is 10.0 Å². The van der Waals surface area contributed by atoms with Gasteiger partial charge in [0.1, 0.15) is 0 Å². The molecule has 1 atom stereocenters. The van der Waals surface area contributed by atoms with E-state index in [0.717, 1.165) is 18.7 Å². The van der Waals surface area contributed by atoms with Crippen LogP contribution >= 0.6 is 0 Å². The molecule has 2 aliphatic rings. The third kappa shape index (κ3) is 5.00. The fourth-order valence-electron chi connectivity index (χ4n) is 3.97. The Morgan fingerprint density at radius 3 is 2.22 bits per heavy atom. The molecule has 0 bridgehead atoms. The van der Waals surface area contributed by atoms with E-state index in [1.54, 1.807) is 0 Å². The Hall–Kier alpha value is -3.59. The summed E-state index contributed by atoms with van der Waals surface area (Å²) >= 11 is 0. The van der Waals surface area contributed by atoms with Crippen LogP contribution in [0.25, 0.3) is 6.08 Å². The molecule has 3 heterocycles. The van der Waals surface area contributed by atoms with Crippen molar-refractivity contribution in [1.29, 1.82) is 0 Å². The zero-order valence-corrected chi connectivity index (χ0v) is 17.6. The summed E-state index contributed by atoms with van der Waals surface area (Å²) in [5.74, 6) is -0.798. The van der Waals surface area contributed by atoms with Crippen LogP contribution in [0.15, 0.2) is 48.8 Å². The number of hydrogen-bond donors (Lipinski definition) is 1. The number of rotatable bonds is 7. The lowest BCUT2D eigenvalue weighted by Gasteiger charge is -2.37. The van der Waals surface area contributed by atoms with E-state index in [2.05, 4.69) is 14.9 Å². The maximum Gasteiger partial charge on any atom is 0.338 e. The molecule has 166 valence electrons. The molecule has 9 heteroatoms. The first kappa shape index (κ1) is 21.6. The number of carboxylic acid groups (broad SMARTS) is 1. The first-order valence-electron chi connectivity index (χ1n) is 10.6. The van der Waals surface area contributed by atoms with Crippen molar-refractivity contribution < 1.29 is 19.5 Å². The second-order valence-corrected chi connectivity index (χ2v) is 7.86. The molecular formula is C23H25N5O4. The lowest BCUT2D eigenvalue weighted by Crippen LogP contribution is -2.52. The van der Waals surface area contributed by atoms with Crippen molar-refractivity contribution in [2.75, 3.05) is 37.6 Å². The highest BCUT2D eigenvalue weighted by Crippen LogP contribution is 2.19. The van der Waals surface area contributed by atoms with Gasteiger partial charge in [0.2, 0.25) is 17.8 Å². The van der Waals surface area contributed by atoms with Crippen molar-refractivity contribution in [3.8, 4) is 0 Å². The number of likely N-dealkylation sites (tertiary alicyclic amines) is 1. The van der Waals surface area contributed by atoms with Gasteiger partial charge in [-0.2, -0.15) is 0 Å². The predicted octanol–water partition coefficient (Wildman–Crippen LogP) is 1.53. The molecule has 0 saturated carbocycles. The summed E-state index contributed by atoms with van der Waals surface area (Å²) in [5, 5.41) is 8.99. The smallest absolute Gasteiger partial charge is 0.338 e. The minimum atomic E-state index is -1.05. The molecule has 0 spiro atoms. The van der Waals surface area contributed by atoms with Gasteiger partial charge in [0, 0.05) is 58.0 Å². The van der Waals surface area contributed by atoms with Crippen LogP contribution in [-0.2, 0) is 9.59 Å². The number of nitrogens with zero attached hydrogens (tertiary/aromatic N) is 5. The summed E-state index contributed by atoms with van der Waals surface area (Å²) in [6, 6.07) is 9.48. The first-order valence-corrected chi connectivity index (χ1v) is 10.6. The van der Waals surface area contributed by atoms with Crippen LogP contribution in [0.1, 0.15) is 28.8 Å². The van der Waals surface area contributed by atoms with Gasteiger partial charge in [-0.05, 0) is 5.56 Å². The summed E-state index contributed by atoms with van der Waals surface area (Å²) in [7, 11) is 0. The number of piperazine rings is 1. The number of carbonyl (C=O) groups excluding carboxylic acids is 2. The predicted molar refractivity (Wildman–Crippen MR) is 118 cm³/mol. The Morgan fingerprint density at radius 2 is 1.62 bits per heavy atom. The van der Waals surface area contributed by atoms with Gasteiger partial charge in [0.15, 0.2) is 0 Å². The summed E-state index contributed by atoms with van der Waals surface area (Å²) in [6.07, 6.45) is 7.06. The zero-order valence-electron chi connectivity index (χ0n) is 17.6. The second kappa shape index (κ2) is 9.69. The van der Waals surface area contributed by atoms with Crippen LogP contribution < -0.4 is 4.90 Å². The Kier molecular flexibility index (Phi) is 6.55. The molecule has 1 unspecified atom stereocenters. The fraction of sp³-hybridized carbons (Fsp3) is 0.348. The van der Waals surface area contributed by atoms with E-state index in [1.165, 1.54) is 17.3 Å². The van der Waals surface area contributed by atoms with E-state index in [1.807, 2.05) is 47.4 Å². The molecule has 2 amide bonds. The Labute approximate surface area is 186 Å². The third-order valence-corrected chi connectivity index (χ3v) is 5.72. The Bertz CT molecular complexity index is 985. The number of carboxylic acids is 1. The number of imide groups is 1. The van der Waals surface area contributed by atoms with E-state index in [4.69, 9.17) is 5.11 Å². The van der Waals surface area contributed by atoms with E-state index in [-0.39, 0.29) is 36.3 Å². The average molecular weight is 435 g/mol. The minimum absolute atomic E-state index is 0.0559. The number of aromatic carboxylic acids is 1. The highest BCUT2D eigenvalue weighted by atomic mass is 16.4. The topological polar surface area (TPSA) is 107 Å². The summed E-state index contributed by atoms with van der Waals surface area (Å²) < 4.78 is 0. The number of amides is 2. The largest absolute Gasteiger partial charge is 0.478 e. The van der Waals surface area contributed by atoms with Crippen LogP contribution in [-0.4, -0.2) is 81.4 Å². The van der Waals surface area contributed by atoms with Crippen molar-refractivity contribution in [1.82, 2.24) is 19.8 Å². The highest BCUT2D eigenvalue weighted by Gasteiger charge is 2.35. The molecule has 9 nitrogen and oxygen atoms in total. The van der Waals surface area contributed by atoms with Crippen molar-refractivity contribution in [3.63, 3.8) is 0 Å². The standard InChI is InChI=1S/C23H25N5O4/c29-20-8-9-21(30)28(20)19(7-6-17-4-2-1-3-5-17)16-26-10-12-27(13-11-26)23-24-14-18(15-25-23)22(31)32/h1-7,14-15,19H,8-13,16H2,(H,31,32)/b7-6+. The normalized spacial score (nSPS) is 18.5. The van der Waals surface area contributed by atoms with Gasteiger partial charge in [0.05, 0.1) is 11.6 Å². The van der Waals surface area contributed by atoms with Crippen molar-refractivity contribution in [2.45, 2.75) is 18.9 Å². The lowest BCUT2D eigenvalue weighted by atomic mass is 10.1. The van der Waals surface area contributed by atoms with Gasteiger partial charge >= 0.3 is 5.97 Å². The molecule has 1 aromatic heterocycles. The lowest BCUT2D eigenvalue weighted by molar-refractivity contribution is -0.140. The molecule has 0 aliphatic carbocycles. The van der Waals surface area contributed by atoms with Crippen molar-refractivity contribution in [2.24, 2.45) is 0 Å².